The van der Waals surface area contributed by atoms with Crippen LogP contribution in [0, 0.1) is 0 Å². The highest BCUT2D eigenvalue weighted by atomic mass is 16.5. The van der Waals surface area contributed by atoms with E-state index in [1.165, 1.54) is 18.4 Å². The van der Waals surface area contributed by atoms with E-state index in [9.17, 15) is 0 Å². The molecule has 0 atom stereocenters. The van der Waals surface area contributed by atoms with Crippen molar-refractivity contribution in [3.8, 4) is 5.75 Å². The number of aromatic nitrogens is 2. The lowest BCUT2D eigenvalue weighted by atomic mass is 9.87. The van der Waals surface area contributed by atoms with Crippen LogP contribution in [0.5, 0.6) is 5.75 Å². The Morgan fingerprint density at radius 1 is 1.11 bits per heavy atom. The number of hydrogen-bond acceptors (Lipinski definition) is 6. The SMILES string of the molecule is COc1ccccc1C1(NCc2cnc(N3CCOCC3)nc2)CCCC1. The number of para-hydroxylation sites is 1. The first kappa shape index (κ1) is 18.2. The molecular formula is C21H28N4O2. The third kappa shape index (κ3) is 3.92. The van der Waals surface area contributed by atoms with Crippen molar-refractivity contribution in [2.45, 2.75) is 37.8 Å². The molecule has 144 valence electrons. The first-order valence-corrected chi connectivity index (χ1v) is 9.83. The second-order valence-electron chi connectivity index (χ2n) is 7.33. The standard InChI is InChI=1S/C21H28N4O2/c1-26-19-7-3-2-6-18(19)21(8-4-5-9-21)24-16-17-14-22-20(23-15-17)25-10-12-27-13-11-25/h2-3,6-7,14-15,24H,4-5,8-13,16H2,1H3. The van der Waals surface area contributed by atoms with Crippen molar-refractivity contribution in [1.29, 1.82) is 0 Å². The Kier molecular flexibility index (Phi) is 5.55. The molecule has 0 spiro atoms. The molecule has 2 aliphatic rings. The molecule has 2 heterocycles. The second-order valence-corrected chi connectivity index (χ2v) is 7.33. The molecule has 0 radical (unpaired) electrons. The number of anilines is 1. The van der Waals surface area contributed by atoms with Gasteiger partial charge in [-0.15, -0.1) is 0 Å². The van der Waals surface area contributed by atoms with Gasteiger partial charge in [0.1, 0.15) is 5.75 Å². The molecule has 1 aliphatic heterocycles. The molecular weight excluding hydrogens is 340 g/mol. The van der Waals surface area contributed by atoms with Crippen molar-refractivity contribution in [2.75, 3.05) is 38.3 Å². The Morgan fingerprint density at radius 2 is 1.81 bits per heavy atom. The van der Waals surface area contributed by atoms with Crippen LogP contribution >= 0.6 is 0 Å². The molecule has 0 amide bonds. The molecule has 2 aromatic rings. The van der Waals surface area contributed by atoms with Gasteiger partial charge in [0.05, 0.1) is 20.3 Å². The summed E-state index contributed by atoms with van der Waals surface area (Å²) in [6, 6.07) is 8.37. The summed E-state index contributed by atoms with van der Waals surface area (Å²) >= 11 is 0. The van der Waals surface area contributed by atoms with Gasteiger partial charge in [0.15, 0.2) is 0 Å². The fourth-order valence-electron chi connectivity index (χ4n) is 4.20. The van der Waals surface area contributed by atoms with Crippen LogP contribution in [0.25, 0.3) is 0 Å². The number of methoxy groups -OCH3 is 1. The lowest BCUT2D eigenvalue weighted by Crippen LogP contribution is -2.40. The van der Waals surface area contributed by atoms with Gasteiger partial charge < -0.3 is 19.7 Å². The van der Waals surface area contributed by atoms with Crippen LogP contribution < -0.4 is 15.0 Å². The molecule has 1 N–H and O–H groups in total. The first-order valence-electron chi connectivity index (χ1n) is 9.83. The van der Waals surface area contributed by atoms with Crippen molar-refractivity contribution in [3.63, 3.8) is 0 Å². The molecule has 6 nitrogen and oxygen atoms in total. The summed E-state index contributed by atoms with van der Waals surface area (Å²) in [5.74, 6) is 1.76. The van der Waals surface area contributed by atoms with Gasteiger partial charge >= 0.3 is 0 Å². The van der Waals surface area contributed by atoms with Gasteiger partial charge in [-0.2, -0.15) is 0 Å². The van der Waals surface area contributed by atoms with Crippen molar-refractivity contribution < 1.29 is 9.47 Å². The minimum Gasteiger partial charge on any atom is -0.496 e. The maximum atomic E-state index is 5.64. The predicted octanol–water partition coefficient (Wildman–Crippen LogP) is 2.88. The molecule has 0 bridgehead atoms. The summed E-state index contributed by atoms with van der Waals surface area (Å²) in [5, 5.41) is 3.81. The summed E-state index contributed by atoms with van der Waals surface area (Å²) in [7, 11) is 1.75. The van der Waals surface area contributed by atoms with Crippen LogP contribution in [0.3, 0.4) is 0 Å². The van der Waals surface area contributed by atoms with E-state index in [0.29, 0.717) is 0 Å². The van der Waals surface area contributed by atoms with Crippen LogP contribution in [0.4, 0.5) is 5.95 Å². The van der Waals surface area contributed by atoms with E-state index in [2.05, 4.69) is 38.4 Å². The fraction of sp³-hybridized carbons (Fsp3) is 0.524. The Labute approximate surface area is 160 Å². The molecule has 1 saturated carbocycles. The number of nitrogens with one attached hydrogen (secondary N) is 1. The highest BCUT2D eigenvalue weighted by molar-refractivity contribution is 5.40. The zero-order valence-electron chi connectivity index (χ0n) is 16.0. The van der Waals surface area contributed by atoms with E-state index in [0.717, 1.165) is 63.0 Å². The van der Waals surface area contributed by atoms with Crippen molar-refractivity contribution in [2.24, 2.45) is 0 Å². The lowest BCUT2D eigenvalue weighted by molar-refractivity contribution is 0.122. The van der Waals surface area contributed by atoms with E-state index >= 15 is 0 Å². The maximum absolute atomic E-state index is 5.64. The van der Waals surface area contributed by atoms with Gasteiger partial charge in [0.2, 0.25) is 5.95 Å². The average Bonchev–Trinajstić information content (AvgIpc) is 3.23. The third-order valence-corrected chi connectivity index (χ3v) is 5.70. The smallest absolute Gasteiger partial charge is 0.225 e. The van der Waals surface area contributed by atoms with E-state index < -0.39 is 0 Å². The number of ether oxygens (including phenoxy) is 2. The number of morpholine rings is 1. The Balaban J connectivity index is 1.47. The van der Waals surface area contributed by atoms with Gasteiger partial charge in [-0.25, -0.2) is 9.97 Å². The molecule has 6 heteroatoms. The van der Waals surface area contributed by atoms with Crippen molar-refractivity contribution >= 4 is 5.95 Å². The third-order valence-electron chi connectivity index (χ3n) is 5.70. The summed E-state index contributed by atoms with van der Waals surface area (Å²) in [4.78, 5) is 11.3. The fourth-order valence-corrected chi connectivity index (χ4v) is 4.20. The molecule has 27 heavy (non-hydrogen) atoms. The molecule has 0 unspecified atom stereocenters. The monoisotopic (exact) mass is 368 g/mol. The topological polar surface area (TPSA) is 59.5 Å². The molecule has 4 rings (SSSR count). The first-order chi connectivity index (χ1) is 13.3. The number of rotatable bonds is 6. The van der Waals surface area contributed by atoms with Crippen LogP contribution in [0.1, 0.15) is 36.8 Å². The predicted molar refractivity (Wildman–Crippen MR) is 105 cm³/mol. The van der Waals surface area contributed by atoms with Crippen LogP contribution in [-0.2, 0) is 16.8 Å². The lowest BCUT2D eigenvalue weighted by Gasteiger charge is -2.32. The normalized spacial score (nSPS) is 19.2. The van der Waals surface area contributed by atoms with Gasteiger partial charge in [-0.1, -0.05) is 31.0 Å². The average molecular weight is 368 g/mol. The van der Waals surface area contributed by atoms with Gasteiger partial charge in [-0.05, 0) is 18.9 Å². The number of hydrogen-bond donors (Lipinski definition) is 1. The Bertz CT molecular complexity index is 738. The van der Waals surface area contributed by atoms with Gasteiger partial charge in [0, 0.05) is 48.7 Å². The van der Waals surface area contributed by atoms with Gasteiger partial charge in [0.25, 0.3) is 0 Å². The number of nitrogens with zero attached hydrogens (tertiary/aromatic N) is 3. The summed E-state index contributed by atoms with van der Waals surface area (Å²) in [5.41, 5.74) is 2.33. The highest BCUT2D eigenvalue weighted by Crippen LogP contribution is 2.42. The summed E-state index contributed by atoms with van der Waals surface area (Å²) in [6.45, 7) is 3.95. The minimum atomic E-state index is -0.0323. The molecule has 1 aliphatic carbocycles. The highest BCUT2D eigenvalue weighted by Gasteiger charge is 2.37. The maximum Gasteiger partial charge on any atom is 0.225 e. The zero-order chi connectivity index (χ0) is 18.5. The van der Waals surface area contributed by atoms with Crippen molar-refractivity contribution in [1.82, 2.24) is 15.3 Å². The molecule has 1 aromatic heterocycles. The summed E-state index contributed by atoms with van der Waals surface area (Å²) in [6.07, 6.45) is 8.60. The molecule has 1 aromatic carbocycles. The second kappa shape index (κ2) is 8.23. The largest absolute Gasteiger partial charge is 0.496 e. The minimum absolute atomic E-state index is 0.0323. The van der Waals surface area contributed by atoms with Crippen LogP contribution in [0.2, 0.25) is 0 Å². The van der Waals surface area contributed by atoms with E-state index in [-0.39, 0.29) is 5.54 Å². The quantitative estimate of drug-likeness (QED) is 0.846. The van der Waals surface area contributed by atoms with Crippen molar-refractivity contribution in [3.05, 3.63) is 47.8 Å². The summed E-state index contributed by atoms with van der Waals surface area (Å²) < 4.78 is 11.0. The van der Waals surface area contributed by atoms with E-state index in [1.54, 1.807) is 7.11 Å². The van der Waals surface area contributed by atoms with E-state index in [1.807, 2.05) is 18.5 Å². The van der Waals surface area contributed by atoms with Crippen LogP contribution in [-0.4, -0.2) is 43.4 Å². The molecule has 1 saturated heterocycles. The van der Waals surface area contributed by atoms with Crippen LogP contribution in [0.15, 0.2) is 36.7 Å². The van der Waals surface area contributed by atoms with E-state index in [4.69, 9.17) is 9.47 Å². The zero-order valence-corrected chi connectivity index (χ0v) is 16.0. The number of benzene rings is 1. The molecule has 2 fully saturated rings. The van der Waals surface area contributed by atoms with Gasteiger partial charge in [-0.3, -0.25) is 0 Å². The Hall–Kier alpha value is -2.18. The Morgan fingerprint density at radius 3 is 2.52 bits per heavy atom.